The Morgan fingerprint density at radius 1 is 1.29 bits per heavy atom. The first-order valence-corrected chi connectivity index (χ1v) is 14.1. The van der Waals surface area contributed by atoms with Gasteiger partial charge in [0.25, 0.3) is 6.43 Å². The molecule has 12 nitrogen and oxygen atoms in total. The second-order valence-electron chi connectivity index (χ2n) is 8.75. The molecular formula is C22H29F2N4O8PS. The predicted molar refractivity (Wildman–Crippen MR) is 135 cm³/mol. The first-order valence-electron chi connectivity index (χ1n) is 11.4. The number of hydrogen-bond acceptors (Lipinski definition) is 11. The zero-order chi connectivity index (χ0) is 28.3. The number of benzene rings is 1. The first kappa shape index (κ1) is 30.0. The van der Waals surface area contributed by atoms with Crippen molar-refractivity contribution in [2.45, 2.75) is 63.4 Å². The van der Waals surface area contributed by atoms with Crippen molar-refractivity contribution < 1.29 is 42.3 Å². The Kier molecular flexibility index (Phi) is 9.57. The van der Waals surface area contributed by atoms with Crippen LogP contribution in [-0.4, -0.2) is 68.7 Å². The number of ether oxygens (including phenoxy) is 2. The van der Waals surface area contributed by atoms with E-state index in [0.717, 1.165) is 6.20 Å². The van der Waals surface area contributed by atoms with Crippen LogP contribution in [0.25, 0.3) is 0 Å². The summed E-state index contributed by atoms with van der Waals surface area (Å²) in [5.41, 5.74) is 1.63. The molecule has 0 radical (unpaired) electrons. The van der Waals surface area contributed by atoms with Crippen LogP contribution >= 0.6 is 6.64 Å². The smallest absolute Gasteiger partial charge is 0.351 e. The van der Waals surface area contributed by atoms with Gasteiger partial charge in [-0.05, 0) is 50.8 Å². The van der Waals surface area contributed by atoms with E-state index in [1.807, 2.05) is 0 Å². The number of alkyl halides is 2. The quantitative estimate of drug-likeness (QED) is 0.223. The molecule has 5 N–H and O–H groups in total. The molecule has 0 saturated carbocycles. The van der Waals surface area contributed by atoms with Gasteiger partial charge >= 0.3 is 18.3 Å². The molecular weight excluding hydrogens is 549 g/mol. The number of carbonyl (C=O) groups excluding carboxylic acids is 1. The van der Waals surface area contributed by atoms with Crippen molar-refractivity contribution in [1.82, 2.24) is 14.6 Å². The van der Waals surface area contributed by atoms with E-state index in [2.05, 4.69) is 10.1 Å². The summed E-state index contributed by atoms with van der Waals surface area (Å²) in [6.07, 6.45) is -8.71. The molecule has 1 aliphatic rings. The van der Waals surface area contributed by atoms with Crippen LogP contribution in [0, 0.1) is 0 Å². The van der Waals surface area contributed by atoms with Crippen molar-refractivity contribution in [1.29, 1.82) is 0 Å². The van der Waals surface area contributed by atoms with E-state index in [-0.39, 0.29) is 11.6 Å². The van der Waals surface area contributed by atoms with Crippen LogP contribution in [0.15, 0.2) is 47.4 Å². The van der Waals surface area contributed by atoms with Crippen LogP contribution in [0.1, 0.15) is 27.0 Å². The summed E-state index contributed by atoms with van der Waals surface area (Å²) in [7, 11) is 0. The number of nitrogen functional groups attached to an aromatic ring is 1. The van der Waals surface area contributed by atoms with Crippen molar-refractivity contribution in [3.05, 3.63) is 53.1 Å². The van der Waals surface area contributed by atoms with Gasteiger partial charge < -0.3 is 34.5 Å². The Hall–Kier alpha value is -2.52. The highest BCUT2D eigenvalue weighted by Crippen LogP contribution is 2.49. The Bertz CT molecular complexity index is 1220. The summed E-state index contributed by atoms with van der Waals surface area (Å²) in [4.78, 5) is 28.1. The summed E-state index contributed by atoms with van der Waals surface area (Å²) in [5, 5.41) is 23.9. The lowest BCUT2D eigenvalue weighted by atomic mass is 9.96. The fourth-order valence-corrected chi connectivity index (χ4v) is 5.95. The molecule has 2 heterocycles. The highest BCUT2D eigenvalue weighted by molar-refractivity contribution is 8.09. The number of nitrogens with two attached hydrogens (primary N) is 1. The lowest BCUT2D eigenvalue weighted by Crippen LogP contribution is -2.53. The van der Waals surface area contributed by atoms with E-state index in [1.54, 1.807) is 32.0 Å². The molecule has 3 rings (SSSR count). The number of anilines is 1. The molecule has 2 aromatic rings. The molecule has 0 spiro atoms. The number of nitrogens with zero attached hydrogens (tertiary/aromatic N) is 2. The SMILES string of the molecule is CC(C)OC(=O)[C@H](C)NP(=S)(OC[C@@]1(C(F)F)O[C@@H](n2ccc(N)nc2=O)[C@@H](O)[C@@H]1O)Oc1ccccc1. The first-order chi connectivity index (χ1) is 17.8. The summed E-state index contributed by atoms with van der Waals surface area (Å²) in [6, 6.07) is 8.17. The third-order valence-corrected chi connectivity index (χ3v) is 7.92. The average molecular weight is 579 g/mol. The van der Waals surface area contributed by atoms with Crippen LogP contribution in [0.4, 0.5) is 14.6 Å². The molecule has 1 saturated heterocycles. The highest BCUT2D eigenvalue weighted by atomic mass is 32.5. The maximum atomic E-state index is 14.5. The van der Waals surface area contributed by atoms with E-state index in [4.69, 9.17) is 36.1 Å². The van der Waals surface area contributed by atoms with E-state index in [1.165, 1.54) is 25.1 Å². The van der Waals surface area contributed by atoms with Gasteiger partial charge in [0.1, 0.15) is 29.8 Å². The Labute approximate surface area is 221 Å². The van der Waals surface area contributed by atoms with Gasteiger partial charge in [0.15, 0.2) is 11.8 Å². The zero-order valence-corrected chi connectivity index (χ0v) is 22.4. The van der Waals surface area contributed by atoms with E-state index < -0.39 is 67.5 Å². The number of esters is 1. The minimum absolute atomic E-state index is 0.141. The lowest BCUT2D eigenvalue weighted by Gasteiger charge is -2.34. The van der Waals surface area contributed by atoms with Crippen molar-refractivity contribution in [3.8, 4) is 5.75 Å². The van der Waals surface area contributed by atoms with Crippen molar-refractivity contribution in [2.24, 2.45) is 0 Å². The van der Waals surface area contributed by atoms with Crippen molar-refractivity contribution in [2.75, 3.05) is 12.3 Å². The maximum Gasteiger partial charge on any atom is 0.351 e. The molecule has 1 aliphatic heterocycles. The minimum atomic E-state index is -3.80. The highest BCUT2D eigenvalue weighted by Gasteiger charge is 2.61. The normalized spacial score (nSPS) is 25.8. The lowest BCUT2D eigenvalue weighted by molar-refractivity contribution is -0.192. The molecule has 1 fully saturated rings. The zero-order valence-electron chi connectivity index (χ0n) is 20.6. The molecule has 0 bridgehead atoms. The number of rotatable bonds is 11. The summed E-state index contributed by atoms with van der Waals surface area (Å²) < 4.78 is 51.6. The van der Waals surface area contributed by atoms with Crippen molar-refractivity contribution >= 4 is 30.2 Å². The number of halogens is 2. The van der Waals surface area contributed by atoms with Gasteiger partial charge in [-0.2, -0.15) is 4.98 Å². The standard InChI is InChI=1S/C22H29F2N4O8PS/c1-12(2)34-19(31)13(3)27-37(38,36-14-7-5-4-6-8-14)33-11-22(20(23)24)17(30)16(29)18(35-22)28-10-9-15(25)26-21(28)32/h4-10,12-13,16-18,20,29-30H,11H2,1-3H3,(H,27,38)(H2,25,26,32)/t13-,16-,17-,18+,22+,37?/m0/s1. The van der Waals surface area contributed by atoms with Gasteiger partial charge in [-0.25, -0.2) is 18.7 Å². The largest absolute Gasteiger partial charge is 0.462 e. The molecule has 1 aromatic heterocycles. The van der Waals surface area contributed by atoms with Crippen molar-refractivity contribution in [3.63, 3.8) is 0 Å². The van der Waals surface area contributed by atoms with Crippen LogP contribution in [-0.2, 0) is 30.6 Å². The Balaban J connectivity index is 1.90. The number of aliphatic hydroxyl groups is 2. The number of hydrogen-bond donors (Lipinski definition) is 4. The van der Waals surface area contributed by atoms with Crippen LogP contribution in [0.2, 0.25) is 0 Å². The summed E-state index contributed by atoms with van der Waals surface area (Å²) >= 11 is 5.51. The van der Waals surface area contributed by atoms with Gasteiger partial charge in [0.2, 0.25) is 0 Å². The minimum Gasteiger partial charge on any atom is -0.462 e. The van der Waals surface area contributed by atoms with Gasteiger partial charge in [0.05, 0.1) is 12.7 Å². The molecule has 1 unspecified atom stereocenters. The number of aromatic nitrogens is 2. The van der Waals surface area contributed by atoms with Gasteiger partial charge in [-0.1, -0.05) is 18.2 Å². The molecule has 38 heavy (non-hydrogen) atoms. The van der Waals surface area contributed by atoms with E-state index in [0.29, 0.717) is 4.57 Å². The molecule has 6 atom stereocenters. The van der Waals surface area contributed by atoms with Crippen LogP contribution < -0.4 is 21.0 Å². The number of para-hydroxylation sites is 1. The van der Waals surface area contributed by atoms with Crippen LogP contribution in [0.3, 0.4) is 0 Å². The Morgan fingerprint density at radius 3 is 2.53 bits per heavy atom. The molecule has 210 valence electrons. The van der Waals surface area contributed by atoms with Gasteiger partial charge in [-0.3, -0.25) is 9.36 Å². The summed E-state index contributed by atoms with van der Waals surface area (Å²) in [5.74, 6) is -0.622. The molecule has 0 aliphatic carbocycles. The second kappa shape index (κ2) is 12.1. The second-order valence-corrected chi connectivity index (χ2v) is 11.9. The molecule has 1 aromatic carbocycles. The third-order valence-electron chi connectivity index (χ3n) is 5.44. The summed E-state index contributed by atoms with van der Waals surface area (Å²) in [6.45, 7) is -0.173. The van der Waals surface area contributed by atoms with E-state index in [9.17, 15) is 28.6 Å². The number of carbonyl (C=O) groups is 1. The molecule has 16 heteroatoms. The van der Waals surface area contributed by atoms with Crippen LogP contribution in [0.5, 0.6) is 5.75 Å². The monoisotopic (exact) mass is 578 g/mol. The van der Waals surface area contributed by atoms with Gasteiger partial charge in [0, 0.05) is 6.20 Å². The average Bonchev–Trinajstić information content (AvgIpc) is 3.09. The number of nitrogens with one attached hydrogen (secondary N) is 1. The Morgan fingerprint density at radius 2 is 1.95 bits per heavy atom. The fourth-order valence-electron chi connectivity index (χ4n) is 3.53. The number of aliphatic hydroxyl groups excluding tert-OH is 2. The third kappa shape index (κ3) is 6.72. The maximum absolute atomic E-state index is 14.5. The topological polar surface area (TPSA) is 167 Å². The predicted octanol–water partition coefficient (Wildman–Crippen LogP) is 1.33. The van der Waals surface area contributed by atoms with Gasteiger partial charge in [-0.15, -0.1) is 0 Å². The molecule has 0 amide bonds. The fraction of sp³-hybridized carbons (Fsp3) is 0.500. The van der Waals surface area contributed by atoms with E-state index >= 15 is 0 Å².